The van der Waals surface area contributed by atoms with Crippen molar-refractivity contribution >= 4 is 35.9 Å². The summed E-state index contributed by atoms with van der Waals surface area (Å²) in [6.07, 6.45) is 0.184. The highest BCUT2D eigenvalue weighted by molar-refractivity contribution is 9.10. The Kier molecular flexibility index (Phi) is 10.4. The van der Waals surface area contributed by atoms with Crippen LogP contribution < -0.4 is 5.32 Å². The molecule has 0 aliphatic heterocycles. The molecule has 1 amide bonds. The van der Waals surface area contributed by atoms with Crippen LogP contribution in [0.4, 0.5) is 4.79 Å². The molecular formula is C31H46BrNO3Si. The van der Waals surface area contributed by atoms with Gasteiger partial charge in [-0.2, -0.15) is 0 Å². The fourth-order valence-corrected chi connectivity index (χ4v) is 9.20. The van der Waals surface area contributed by atoms with Gasteiger partial charge in [-0.25, -0.2) is 4.79 Å². The van der Waals surface area contributed by atoms with E-state index in [0.29, 0.717) is 12.3 Å². The molecular weight excluding hydrogens is 542 g/mol. The third kappa shape index (κ3) is 8.03. The van der Waals surface area contributed by atoms with Crippen LogP contribution in [0.1, 0.15) is 72.6 Å². The summed E-state index contributed by atoms with van der Waals surface area (Å²) in [5, 5.41) is 3.07. The Labute approximate surface area is 234 Å². The van der Waals surface area contributed by atoms with Crippen LogP contribution in [0.25, 0.3) is 0 Å². The van der Waals surface area contributed by atoms with Crippen molar-refractivity contribution < 1.29 is 14.3 Å². The van der Waals surface area contributed by atoms with Crippen molar-refractivity contribution in [3.63, 3.8) is 0 Å². The Morgan fingerprint density at radius 3 is 1.95 bits per heavy atom. The predicted molar refractivity (Wildman–Crippen MR) is 161 cm³/mol. The van der Waals surface area contributed by atoms with E-state index < -0.39 is 31.7 Å². The number of halogens is 1. The van der Waals surface area contributed by atoms with E-state index >= 15 is 0 Å². The van der Waals surface area contributed by atoms with Gasteiger partial charge in [0, 0.05) is 15.9 Å². The molecule has 0 fully saturated rings. The summed E-state index contributed by atoms with van der Waals surface area (Å²) in [7, 11) is -2.18. The van der Waals surface area contributed by atoms with E-state index in [1.54, 1.807) is 0 Å². The molecule has 3 atom stereocenters. The molecule has 0 aliphatic carbocycles. The number of ether oxygens (including phenoxy) is 1. The summed E-state index contributed by atoms with van der Waals surface area (Å²) >= 11 is 3.53. The van der Waals surface area contributed by atoms with E-state index in [1.807, 2.05) is 70.2 Å². The Morgan fingerprint density at radius 1 is 0.919 bits per heavy atom. The maximum atomic E-state index is 14.5. The Bertz CT molecular complexity index is 1040. The van der Waals surface area contributed by atoms with Gasteiger partial charge in [0.05, 0.1) is 14.1 Å². The average molecular weight is 589 g/mol. The number of alkyl carbamates (subject to hydrolysis) is 1. The van der Waals surface area contributed by atoms with Gasteiger partial charge in [-0.05, 0) is 61.4 Å². The molecule has 0 aliphatic rings. The monoisotopic (exact) mass is 587 g/mol. The fourth-order valence-electron chi connectivity index (χ4n) is 4.83. The molecule has 0 spiro atoms. The first kappa shape index (κ1) is 31.3. The zero-order chi connectivity index (χ0) is 28.2. The van der Waals surface area contributed by atoms with Crippen LogP contribution in [0.5, 0.6) is 0 Å². The number of ketones is 1. The van der Waals surface area contributed by atoms with Crippen LogP contribution >= 0.6 is 15.9 Å². The molecule has 0 bridgehead atoms. The molecule has 0 aromatic heterocycles. The molecule has 0 unspecified atom stereocenters. The van der Waals surface area contributed by atoms with Gasteiger partial charge in [-0.3, -0.25) is 4.79 Å². The van der Waals surface area contributed by atoms with Crippen molar-refractivity contribution in [3.8, 4) is 0 Å². The third-order valence-electron chi connectivity index (χ3n) is 8.45. The lowest BCUT2D eigenvalue weighted by Gasteiger charge is -2.48. The molecule has 0 saturated carbocycles. The highest BCUT2D eigenvalue weighted by Crippen LogP contribution is 2.51. The van der Waals surface area contributed by atoms with Crippen molar-refractivity contribution in [1.29, 1.82) is 0 Å². The maximum absolute atomic E-state index is 14.5. The highest BCUT2D eigenvalue weighted by atomic mass is 79.9. The van der Waals surface area contributed by atoms with Gasteiger partial charge in [-0.1, -0.05) is 106 Å². The zero-order valence-corrected chi connectivity index (χ0v) is 26.9. The Hall–Kier alpha value is -1.92. The molecule has 0 saturated heterocycles. The first-order valence-corrected chi connectivity index (χ1v) is 17.2. The summed E-state index contributed by atoms with van der Waals surface area (Å²) in [4.78, 5) is 27.4. The topological polar surface area (TPSA) is 55.4 Å². The molecule has 6 heteroatoms. The number of Topliss-reactive ketones (excluding diaryl/α,β-unsaturated/α-hetero) is 1. The van der Waals surface area contributed by atoms with Crippen molar-refractivity contribution in [1.82, 2.24) is 5.32 Å². The molecule has 37 heavy (non-hydrogen) atoms. The average Bonchev–Trinajstić information content (AvgIpc) is 2.80. The lowest BCUT2D eigenvalue weighted by atomic mass is 9.88. The minimum atomic E-state index is -2.18. The van der Waals surface area contributed by atoms with Crippen LogP contribution in [0.3, 0.4) is 0 Å². The van der Waals surface area contributed by atoms with Crippen molar-refractivity contribution in [2.24, 2.45) is 11.8 Å². The molecule has 2 rings (SSSR count). The van der Waals surface area contributed by atoms with E-state index in [4.69, 9.17) is 4.74 Å². The highest BCUT2D eigenvalue weighted by Gasteiger charge is 2.50. The van der Waals surface area contributed by atoms with Gasteiger partial charge in [0.2, 0.25) is 0 Å². The number of amides is 1. The first-order chi connectivity index (χ1) is 17.0. The lowest BCUT2D eigenvalue weighted by Crippen LogP contribution is -2.51. The van der Waals surface area contributed by atoms with Crippen molar-refractivity contribution in [3.05, 3.63) is 70.2 Å². The van der Waals surface area contributed by atoms with Crippen molar-refractivity contribution in [2.45, 2.75) is 97.1 Å². The van der Waals surface area contributed by atoms with Crippen LogP contribution in [-0.4, -0.2) is 25.6 Å². The first-order valence-electron chi connectivity index (χ1n) is 13.3. The minimum Gasteiger partial charge on any atom is -0.444 e. The number of carbonyl (C=O) groups excluding carboxylic acids is 2. The molecule has 204 valence electrons. The molecule has 1 N–H and O–H groups in total. The second-order valence-corrected chi connectivity index (χ2v) is 19.1. The van der Waals surface area contributed by atoms with Gasteiger partial charge in [0.15, 0.2) is 0 Å². The SMILES string of the molecule is CC(C)C(C)(C)[Si](C)(C)[C@@H](Cc1ccc(Br)cc1)C(=O)[C@H](C)[C@H](NC(=O)OC(C)(C)C)c1ccccc1. The maximum Gasteiger partial charge on any atom is 0.408 e. The minimum absolute atomic E-state index is 0.0310. The Morgan fingerprint density at radius 2 is 1.46 bits per heavy atom. The number of nitrogens with one attached hydrogen (secondary N) is 1. The zero-order valence-electron chi connectivity index (χ0n) is 24.3. The van der Waals surface area contributed by atoms with Crippen LogP contribution in [0, 0.1) is 11.8 Å². The summed E-state index contributed by atoms with van der Waals surface area (Å²) in [5.41, 5.74) is 1.32. The smallest absolute Gasteiger partial charge is 0.408 e. The van der Waals surface area contributed by atoms with E-state index in [1.165, 1.54) is 0 Å². The van der Waals surface area contributed by atoms with E-state index in [2.05, 4.69) is 74.2 Å². The number of carbonyl (C=O) groups is 2. The predicted octanol–water partition coefficient (Wildman–Crippen LogP) is 8.98. The largest absolute Gasteiger partial charge is 0.444 e. The number of hydrogen-bond donors (Lipinski definition) is 1. The Balaban J connectivity index is 2.53. The second kappa shape index (κ2) is 12.3. The lowest BCUT2D eigenvalue weighted by molar-refractivity contribution is -0.123. The van der Waals surface area contributed by atoms with E-state index in [9.17, 15) is 9.59 Å². The summed E-state index contributed by atoms with van der Waals surface area (Å²) < 4.78 is 6.61. The van der Waals surface area contributed by atoms with Gasteiger partial charge in [-0.15, -0.1) is 0 Å². The van der Waals surface area contributed by atoms with Crippen LogP contribution in [0.15, 0.2) is 59.1 Å². The van der Waals surface area contributed by atoms with E-state index in [0.717, 1.165) is 15.6 Å². The molecule has 4 nitrogen and oxygen atoms in total. The van der Waals surface area contributed by atoms with Crippen LogP contribution in [0.2, 0.25) is 23.7 Å². The van der Waals surface area contributed by atoms with Crippen molar-refractivity contribution in [2.75, 3.05) is 0 Å². The standard InChI is InChI=1S/C31H46BrNO3Si/c1-21(2)31(7,8)37(9,10)26(20-23-16-18-25(32)19-17-23)28(34)22(3)27(24-14-12-11-13-15-24)33-29(35)36-30(4,5)6/h11-19,21-22,26-27H,20H2,1-10H3,(H,33,35)/t22-,26+,27+/m1/s1. The second-order valence-electron chi connectivity index (χ2n) is 12.7. The summed E-state index contributed by atoms with van der Waals surface area (Å²) in [6, 6.07) is 17.6. The number of rotatable bonds is 10. The quantitative estimate of drug-likeness (QED) is 0.282. The number of benzene rings is 2. The molecule has 2 aromatic rings. The van der Waals surface area contributed by atoms with E-state index in [-0.39, 0.29) is 16.4 Å². The van der Waals surface area contributed by atoms with Gasteiger partial charge < -0.3 is 10.1 Å². The summed E-state index contributed by atoms with van der Waals surface area (Å²) in [5.74, 6) is 0.220. The van der Waals surface area contributed by atoms with Gasteiger partial charge >= 0.3 is 6.09 Å². The van der Waals surface area contributed by atoms with Crippen LogP contribution in [-0.2, 0) is 16.0 Å². The number of hydrogen-bond acceptors (Lipinski definition) is 3. The molecule has 0 radical (unpaired) electrons. The molecule has 2 aromatic carbocycles. The van der Waals surface area contributed by atoms with Gasteiger partial charge in [0.1, 0.15) is 11.4 Å². The molecule has 0 heterocycles. The normalized spacial score (nSPS) is 15.1. The third-order valence-corrected chi connectivity index (χ3v) is 15.1. The summed E-state index contributed by atoms with van der Waals surface area (Å²) in [6.45, 7) is 21.4. The van der Waals surface area contributed by atoms with Gasteiger partial charge in [0.25, 0.3) is 0 Å². The fraction of sp³-hybridized carbons (Fsp3) is 0.548.